The number of ether oxygens (including phenoxy) is 2. The predicted molar refractivity (Wildman–Crippen MR) is 139 cm³/mol. The molecule has 3 unspecified atom stereocenters. The molecule has 1 aliphatic carbocycles. The minimum absolute atomic E-state index is 0.116. The van der Waals surface area contributed by atoms with Crippen LogP contribution in [-0.4, -0.2) is 47.9 Å². The maximum absolute atomic E-state index is 12.2. The molecule has 1 aliphatic rings. The Balaban J connectivity index is 2.09. The van der Waals surface area contributed by atoms with Gasteiger partial charge >= 0.3 is 13.3 Å². The van der Waals surface area contributed by atoms with E-state index in [2.05, 4.69) is 13.8 Å². The second-order valence-electron chi connectivity index (χ2n) is 9.36. The molecular formula is C25H49O7PS. The molecule has 0 spiro atoms. The highest BCUT2D eigenvalue weighted by Crippen LogP contribution is 2.45. The van der Waals surface area contributed by atoms with Crippen molar-refractivity contribution in [3.8, 4) is 0 Å². The first-order valence-corrected chi connectivity index (χ1v) is 16.0. The molecule has 0 heterocycles. The summed E-state index contributed by atoms with van der Waals surface area (Å²) < 4.78 is 33.8. The summed E-state index contributed by atoms with van der Waals surface area (Å²) in [6, 6.07) is 0. The molecule has 7 nitrogen and oxygen atoms in total. The minimum Gasteiger partial charge on any atom is -0.382 e. The summed E-state index contributed by atoms with van der Waals surface area (Å²) in [5.41, 5.74) is -1.23. The topological polar surface area (TPSA) is 91.3 Å². The molecule has 1 saturated carbocycles. The molecular weight excluding hydrogens is 475 g/mol. The van der Waals surface area contributed by atoms with Crippen LogP contribution in [0.15, 0.2) is 0 Å². The Morgan fingerprint density at radius 3 is 2.32 bits per heavy atom. The van der Waals surface area contributed by atoms with Crippen molar-refractivity contribution in [2.45, 2.75) is 135 Å². The third-order valence-corrected chi connectivity index (χ3v) is 8.01. The fourth-order valence-corrected chi connectivity index (χ4v) is 5.58. The van der Waals surface area contributed by atoms with E-state index in [9.17, 15) is 14.3 Å². The lowest BCUT2D eigenvalue weighted by atomic mass is 9.97. The Labute approximate surface area is 212 Å². The van der Waals surface area contributed by atoms with Crippen LogP contribution in [0.3, 0.4) is 0 Å². The van der Waals surface area contributed by atoms with E-state index in [1.165, 1.54) is 57.8 Å². The zero-order valence-electron chi connectivity index (χ0n) is 21.7. The van der Waals surface area contributed by atoms with E-state index in [1.54, 1.807) is 6.92 Å². The number of hydrogen-bond donors (Lipinski definition) is 1. The highest BCUT2D eigenvalue weighted by molar-refractivity contribution is 7.95. The molecule has 1 N–H and O–H groups in total. The van der Waals surface area contributed by atoms with E-state index < -0.39 is 13.3 Å². The molecule has 0 radical (unpaired) electrons. The molecule has 1 rings (SSSR count). The number of carbonyl (C=O) groups is 1. The van der Waals surface area contributed by atoms with E-state index in [4.69, 9.17) is 18.2 Å². The van der Waals surface area contributed by atoms with Crippen molar-refractivity contribution in [2.24, 2.45) is 0 Å². The van der Waals surface area contributed by atoms with Gasteiger partial charge in [-0.15, -0.1) is 0 Å². The smallest absolute Gasteiger partial charge is 0.382 e. The molecule has 3 atom stereocenters. The van der Waals surface area contributed by atoms with Crippen molar-refractivity contribution in [1.82, 2.24) is 0 Å². The van der Waals surface area contributed by atoms with Gasteiger partial charge in [-0.1, -0.05) is 78.1 Å². The van der Waals surface area contributed by atoms with Gasteiger partial charge in [-0.25, -0.2) is 9.36 Å². The SMILES string of the molecule is CCCCCCCCCCOC(C)COP(=O)(O)C(=O)OSCCC(CC)OC1CCCCC1. The maximum atomic E-state index is 12.2. The molecule has 0 aromatic carbocycles. The van der Waals surface area contributed by atoms with Gasteiger partial charge in [0.05, 0.1) is 37.0 Å². The fraction of sp³-hybridized carbons (Fsp3) is 0.960. The molecule has 0 aliphatic heterocycles. The monoisotopic (exact) mass is 524 g/mol. The van der Waals surface area contributed by atoms with Gasteiger partial charge in [0.25, 0.3) is 0 Å². The van der Waals surface area contributed by atoms with Crippen molar-refractivity contribution < 1.29 is 32.4 Å². The highest BCUT2D eigenvalue weighted by atomic mass is 32.2. The largest absolute Gasteiger partial charge is 0.437 e. The molecule has 34 heavy (non-hydrogen) atoms. The first-order chi connectivity index (χ1) is 16.4. The first kappa shape index (κ1) is 31.9. The Morgan fingerprint density at radius 1 is 1.03 bits per heavy atom. The third kappa shape index (κ3) is 15.8. The molecule has 1 fully saturated rings. The summed E-state index contributed by atoms with van der Waals surface area (Å²) >= 11 is 0.883. The van der Waals surface area contributed by atoms with Crippen molar-refractivity contribution >= 4 is 25.3 Å². The van der Waals surface area contributed by atoms with Crippen LogP contribution in [0, 0.1) is 0 Å². The molecule has 0 aromatic rings. The van der Waals surface area contributed by atoms with Crippen LogP contribution in [0.2, 0.25) is 0 Å². The highest BCUT2D eigenvalue weighted by Gasteiger charge is 2.34. The van der Waals surface area contributed by atoms with E-state index in [-0.39, 0.29) is 18.8 Å². The van der Waals surface area contributed by atoms with Gasteiger partial charge in [0.15, 0.2) is 0 Å². The average molecular weight is 525 g/mol. The standard InChI is InChI=1S/C25H49O7PS/c1-4-6-7-8-9-10-11-15-19-29-22(3)21-30-33(27,28)25(26)32-34-20-18-23(5-2)31-24-16-13-12-14-17-24/h22-24H,4-21H2,1-3H3,(H,27,28). The lowest BCUT2D eigenvalue weighted by molar-refractivity contribution is -0.0321. The van der Waals surface area contributed by atoms with Crippen molar-refractivity contribution in [1.29, 1.82) is 0 Å². The molecule has 0 bridgehead atoms. The fourth-order valence-electron chi connectivity index (χ4n) is 3.99. The zero-order chi connectivity index (χ0) is 25.1. The molecule has 0 aromatic heterocycles. The van der Waals surface area contributed by atoms with Gasteiger partial charge in [-0.3, -0.25) is 4.52 Å². The summed E-state index contributed by atoms with van der Waals surface area (Å²) in [6.45, 7) is 6.52. The quantitative estimate of drug-likeness (QED) is 0.0916. The van der Waals surface area contributed by atoms with E-state index in [1.807, 2.05) is 0 Å². The van der Waals surface area contributed by atoms with Crippen LogP contribution in [0.4, 0.5) is 4.79 Å². The summed E-state index contributed by atoms with van der Waals surface area (Å²) in [5.74, 6) is 0.509. The average Bonchev–Trinajstić information content (AvgIpc) is 2.84. The van der Waals surface area contributed by atoms with Crippen LogP contribution in [-0.2, 0) is 22.7 Å². The second-order valence-corrected chi connectivity index (χ2v) is 11.8. The zero-order valence-corrected chi connectivity index (χ0v) is 23.4. The minimum atomic E-state index is -4.49. The number of unbranched alkanes of at least 4 members (excludes halogenated alkanes) is 7. The molecule has 9 heteroatoms. The normalized spacial score (nSPS) is 18.4. The Kier molecular flexibility index (Phi) is 18.8. The van der Waals surface area contributed by atoms with Gasteiger partial charge in [0, 0.05) is 12.4 Å². The summed E-state index contributed by atoms with van der Waals surface area (Å²) in [5, 5.41) is 0. The van der Waals surface area contributed by atoms with E-state index in [0.717, 1.165) is 50.6 Å². The summed E-state index contributed by atoms with van der Waals surface area (Å²) in [7, 11) is -4.49. The Bertz CT molecular complexity index is 557. The maximum Gasteiger partial charge on any atom is 0.437 e. The van der Waals surface area contributed by atoms with E-state index in [0.29, 0.717) is 18.5 Å². The summed E-state index contributed by atoms with van der Waals surface area (Å²) in [6.07, 6.45) is 17.4. The van der Waals surface area contributed by atoms with Crippen LogP contribution in [0.25, 0.3) is 0 Å². The number of rotatable bonds is 21. The molecule has 0 amide bonds. The van der Waals surface area contributed by atoms with Gasteiger partial charge in [0.2, 0.25) is 0 Å². The van der Waals surface area contributed by atoms with E-state index >= 15 is 0 Å². The van der Waals surface area contributed by atoms with Gasteiger partial charge in [0.1, 0.15) is 0 Å². The van der Waals surface area contributed by atoms with Crippen molar-refractivity contribution in [3.63, 3.8) is 0 Å². The second kappa shape index (κ2) is 20.0. The van der Waals surface area contributed by atoms with Gasteiger partial charge in [-0.2, -0.15) is 0 Å². The van der Waals surface area contributed by atoms with Crippen LogP contribution < -0.4 is 0 Å². The summed E-state index contributed by atoms with van der Waals surface area (Å²) in [4.78, 5) is 21.9. The first-order valence-electron chi connectivity index (χ1n) is 13.5. The lowest BCUT2D eigenvalue weighted by Gasteiger charge is -2.27. The van der Waals surface area contributed by atoms with Crippen LogP contribution in [0.5, 0.6) is 0 Å². The van der Waals surface area contributed by atoms with Gasteiger partial charge in [-0.05, 0) is 39.0 Å². The van der Waals surface area contributed by atoms with Crippen LogP contribution >= 0.6 is 19.6 Å². The molecule has 202 valence electrons. The Hall–Kier alpha value is -0.110. The molecule has 0 saturated heterocycles. The third-order valence-electron chi connectivity index (χ3n) is 6.16. The van der Waals surface area contributed by atoms with Gasteiger partial charge < -0.3 is 18.6 Å². The lowest BCUT2D eigenvalue weighted by Crippen LogP contribution is -2.24. The predicted octanol–water partition coefficient (Wildman–Crippen LogP) is 8.04. The van der Waals surface area contributed by atoms with Crippen LogP contribution in [0.1, 0.15) is 117 Å². The van der Waals surface area contributed by atoms with Crippen molar-refractivity contribution in [2.75, 3.05) is 19.0 Å². The van der Waals surface area contributed by atoms with Crippen molar-refractivity contribution in [3.05, 3.63) is 0 Å². The Morgan fingerprint density at radius 2 is 1.68 bits per heavy atom. The number of carbonyl (C=O) groups excluding carboxylic acids is 1. The number of hydrogen-bond acceptors (Lipinski definition) is 7.